The Morgan fingerprint density at radius 3 is 2.63 bits per heavy atom. The SMILES string of the molecule is Cc1ccc(C(C)NC(=O)Cn2ccc(N)n2)cc1. The highest BCUT2D eigenvalue weighted by molar-refractivity contribution is 5.76. The molecule has 1 amide bonds. The highest BCUT2D eigenvalue weighted by Gasteiger charge is 2.10. The third kappa shape index (κ3) is 3.58. The first-order valence-electron chi connectivity index (χ1n) is 6.19. The van der Waals surface area contributed by atoms with Crippen LogP contribution in [0.15, 0.2) is 36.5 Å². The van der Waals surface area contributed by atoms with Crippen LogP contribution in [0.25, 0.3) is 0 Å². The molecule has 2 rings (SSSR count). The van der Waals surface area contributed by atoms with E-state index in [0.29, 0.717) is 5.82 Å². The zero-order valence-corrected chi connectivity index (χ0v) is 11.1. The van der Waals surface area contributed by atoms with E-state index in [2.05, 4.69) is 10.4 Å². The molecule has 0 bridgehead atoms. The number of aryl methyl sites for hydroxylation is 1. The van der Waals surface area contributed by atoms with Crippen molar-refractivity contribution in [2.45, 2.75) is 26.4 Å². The van der Waals surface area contributed by atoms with E-state index >= 15 is 0 Å². The summed E-state index contributed by atoms with van der Waals surface area (Å²) in [5, 5.41) is 6.91. The number of rotatable bonds is 4. The van der Waals surface area contributed by atoms with E-state index in [1.54, 1.807) is 12.3 Å². The number of amides is 1. The Morgan fingerprint density at radius 1 is 1.37 bits per heavy atom. The van der Waals surface area contributed by atoms with Gasteiger partial charge in [-0.05, 0) is 25.5 Å². The lowest BCUT2D eigenvalue weighted by molar-refractivity contribution is -0.122. The second-order valence-electron chi connectivity index (χ2n) is 4.64. The lowest BCUT2D eigenvalue weighted by Crippen LogP contribution is -2.30. The molecule has 0 spiro atoms. The van der Waals surface area contributed by atoms with Gasteiger partial charge in [-0.2, -0.15) is 5.10 Å². The number of nitrogens with one attached hydrogen (secondary N) is 1. The van der Waals surface area contributed by atoms with Gasteiger partial charge in [-0.3, -0.25) is 9.48 Å². The summed E-state index contributed by atoms with van der Waals surface area (Å²) in [6.07, 6.45) is 1.69. The first-order valence-corrected chi connectivity index (χ1v) is 6.19. The number of benzene rings is 1. The van der Waals surface area contributed by atoms with Crippen molar-refractivity contribution in [2.75, 3.05) is 5.73 Å². The van der Waals surface area contributed by atoms with Crippen LogP contribution in [0.5, 0.6) is 0 Å². The van der Waals surface area contributed by atoms with E-state index in [1.807, 2.05) is 38.1 Å². The van der Waals surface area contributed by atoms with Crippen LogP contribution in [0.3, 0.4) is 0 Å². The van der Waals surface area contributed by atoms with Gasteiger partial charge in [0.05, 0.1) is 6.04 Å². The molecule has 100 valence electrons. The minimum Gasteiger partial charge on any atom is -0.382 e. The van der Waals surface area contributed by atoms with Crippen LogP contribution in [0.1, 0.15) is 24.1 Å². The molecule has 2 aromatic rings. The largest absolute Gasteiger partial charge is 0.382 e. The molecule has 0 saturated carbocycles. The maximum Gasteiger partial charge on any atom is 0.242 e. The molecule has 5 heteroatoms. The molecule has 1 atom stereocenters. The second-order valence-corrected chi connectivity index (χ2v) is 4.64. The first-order chi connectivity index (χ1) is 9.04. The average Bonchev–Trinajstić information content (AvgIpc) is 2.75. The van der Waals surface area contributed by atoms with Crippen LogP contribution >= 0.6 is 0 Å². The molecule has 0 aliphatic heterocycles. The summed E-state index contributed by atoms with van der Waals surface area (Å²) in [6, 6.07) is 9.74. The minimum atomic E-state index is -0.0869. The Kier molecular flexibility index (Phi) is 3.85. The van der Waals surface area contributed by atoms with E-state index in [9.17, 15) is 4.79 Å². The molecular weight excluding hydrogens is 240 g/mol. The van der Waals surface area contributed by atoms with Gasteiger partial charge >= 0.3 is 0 Å². The number of hydrogen-bond donors (Lipinski definition) is 2. The van der Waals surface area contributed by atoms with Crippen LogP contribution in [0.4, 0.5) is 5.82 Å². The maximum absolute atomic E-state index is 11.9. The van der Waals surface area contributed by atoms with Crippen LogP contribution < -0.4 is 11.1 Å². The van der Waals surface area contributed by atoms with Crippen molar-refractivity contribution in [3.05, 3.63) is 47.7 Å². The summed E-state index contributed by atoms with van der Waals surface area (Å²) in [5.41, 5.74) is 7.78. The lowest BCUT2D eigenvalue weighted by atomic mass is 10.1. The van der Waals surface area contributed by atoms with Crippen molar-refractivity contribution in [1.82, 2.24) is 15.1 Å². The van der Waals surface area contributed by atoms with Crippen molar-refractivity contribution >= 4 is 11.7 Å². The molecule has 3 N–H and O–H groups in total. The Morgan fingerprint density at radius 2 is 2.05 bits per heavy atom. The quantitative estimate of drug-likeness (QED) is 0.875. The van der Waals surface area contributed by atoms with Crippen molar-refractivity contribution in [3.8, 4) is 0 Å². The number of carbonyl (C=O) groups excluding carboxylic acids is 1. The normalized spacial score (nSPS) is 12.1. The van der Waals surface area contributed by atoms with Gasteiger partial charge in [0.25, 0.3) is 0 Å². The van der Waals surface area contributed by atoms with Crippen molar-refractivity contribution < 1.29 is 4.79 Å². The molecule has 0 fully saturated rings. The monoisotopic (exact) mass is 258 g/mol. The van der Waals surface area contributed by atoms with E-state index in [0.717, 1.165) is 5.56 Å². The summed E-state index contributed by atoms with van der Waals surface area (Å²) >= 11 is 0. The fourth-order valence-corrected chi connectivity index (χ4v) is 1.84. The zero-order chi connectivity index (χ0) is 13.8. The Balaban J connectivity index is 1.93. The summed E-state index contributed by atoms with van der Waals surface area (Å²) < 4.78 is 1.52. The fraction of sp³-hybridized carbons (Fsp3) is 0.286. The third-order valence-electron chi connectivity index (χ3n) is 2.92. The summed E-state index contributed by atoms with van der Waals surface area (Å²) in [6.45, 7) is 4.17. The van der Waals surface area contributed by atoms with E-state index < -0.39 is 0 Å². The fourth-order valence-electron chi connectivity index (χ4n) is 1.84. The molecule has 0 aliphatic rings. The number of nitrogens with zero attached hydrogens (tertiary/aromatic N) is 2. The molecule has 0 radical (unpaired) electrons. The predicted molar refractivity (Wildman–Crippen MR) is 74.4 cm³/mol. The van der Waals surface area contributed by atoms with Gasteiger partial charge in [-0.25, -0.2) is 0 Å². The number of nitrogen functional groups attached to an aromatic ring is 1. The molecule has 5 nitrogen and oxygen atoms in total. The molecule has 1 aromatic carbocycles. The van der Waals surface area contributed by atoms with Crippen LogP contribution in [0.2, 0.25) is 0 Å². The summed E-state index contributed by atoms with van der Waals surface area (Å²) in [5.74, 6) is 0.329. The Hall–Kier alpha value is -2.30. The van der Waals surface area contributed by atoms with Crippen LogP contribution in [-0.4, -0.2) is 15.7 Å². The molecule has 1 unspecified atom stereocenters. The molecule has 1 aromatic heterocycles. The van der Waals surface area contributed by atoms with Crippen LogP contribution in [-0.2, 0) is 11.3 Å². The molecule has 19 heavy (non-hydrogen) atoms. The number of nitrogens with two attached hydrogens (primary N) is 1. The van der Waals surface area contributed by atoms with Gasteiger partial charge < -0.3 is 11.1 Å². The molecule has 1 heterocycles. The van der Waals surface area contributed by atoms with Crippen molar-refractivity contribution in [3.63, 3.8) is 0 Å². The number of anilines is 1. The van der Waals surface area contributed by atoms with Crippen molar-refractivity contribution in [2.24, 2.45) is 0 Å². The van der Waals surface area contributed by atoms with E-state index in [4.69, 9.17) is 5.73 Å². The van der Waals surface area contributed by atoms with Gasteiger partial charge in [0, 0.05) is 6.20 Å². The Bertz CT molecular complexity index is 559. The smallest absolute Gasteiger partial charge is 0.242 e. The third-order valence-corrected chi connectivity index (χ3v) is 2.92. The van der Waals surface area contributed by atoms with Gasteiger partial charge in [-0.1, -0.05) is 29.8 Å². The van der Waals surface area contributed by atoms with E-state index in [-0.39, 0.29) is 18.5 Å². The van der Waals surface area contributed by atoms with Gasteiger partial charge in [0.1, 0.15) is 12.4 Å². The van der Waals surface area contributed by atoms with Gasteiger partial charge in [0.2, 0.25) is 5.91 Å². The molecule has 0 saturated heterocycles. The zero-order valence-electron chi connectivity index (χ0n) is 11.1. The number of carbonyl (C=O) groups is 1. The van der Waals surface area contributed by atoms with Gasteiger partial charge in [0.15, 0.2) is 0 Å². The highest BCUT2D eigenvalue weighted by Crippen LogP contribution is 2.12. The minimum absolute atomic E-state index is 0.0268. The first kappa shape index (κ1) is 13.1. The average molecular weight is 258 g/mol. The number of hydrogen-bond acceptors (Lipinski definition) is 3. The standard InChI is InChI=1S/C14H18N4O/c1-10-3-5-12(6-4-10)11(2)16-14(19)9-18-8-7-13(15)17-18/h3-8,11H,9H2,1-2H3,(H2,15,17)(H,16,19). The highest BCUT2D eigenvalue weighted by atomic mass is 16.2. The summed E-state index contributed by atoms with van der Waals surface area (Å²) in [4.78, 5) is 11.9. The second kappa shape index (κ2) is 5.56. The Labute approximate surface area is 112 Å². The van der Waals surface area contributed by atoms with Gasteiger partial charge in [-0.15, -0.1) is 0 Å². The summed E-state index contributed by atoms with van der Waals surface area (Å²) in [7, 11) is 0. The van der Waals surface area contributed by atoms with Crippen LogP contribution in [0, 0.1) is 6.92 Å². The van der Waals surface area contributed by atoms with Crippen molar-refractivity contribution in [1.29, 1.82) is 0 Å². The molecule has 0 aliphatic carbocycles. The molecular formula is C14H18N4O. The lowest BCUT2D eigenvalue weighted by Gasteiger charge is -2.14. The van der Waals surface area contributed by atoms with E-state index in [1.165, 1.54) is 10.2 Å². The predicted octanol–water partition coefficient (Wildman–Crippen LogP) is 1.65. The maximum atomic E-state index is 11.9. The topological polar surface area (TPSA) is 72.9 Å². The number of aromatic nitrogens is 2.